The minimum Gasteiger partial charge on any atom is -0.382 e. The summed E-state index contributed by atoms with van der Waals surface area (Å²) >= 11 is 0. The van der Waals surface area contributed by atoms with Gasteiger partial charge in [-0.3, -0.25) is 14.8 Å². The molecule has 2 heterocycles. The Bertz CT molecular complexity index is 1340. The second-order valence-electron chi connectivity index (χ2n) is 7.40. The SMILES string of the molecule is N#Cc1cc(CNC(=O)c2cccnc2)c(NCc2ccc(-c3cnc(N)cn3)cc2)cc1F. The van der Waals surface area contributed by atoms with Crippen LogP contribution in [0.4, 0.5) is 15.9 Å². The number of hydrogen-bond acceptors (Lipinski definition) is 7. The minimum absolute atomic E-state index is 0.0925. The van der Waals surface area contributed by atoms with Gasteiger partial charge in [0.1, 0.15) is 17.7 Å². The van der Waals surface area contributed by atoms with E-state index >= 15 is 0 Å². The number of pyridine rings is 1. The van der Waals surface area contributed by atoms with Gasteiger partial charge < -0.3 is 16.4 Å². The molecule has 4 aromatic rings. The lowest BCUT2D eigenvalue weighted by Gasteiger charge is -2.14. The first-order chi connectivity index (χ1) is 16.5. The summed E-state index contributed by atoms with van der Waals surface area (Å²) < 4.78 is 14.3. The van der Waals surface area contributed by atoms with E-state index in [1.807, 2.05) is 30.3 Å². The smallest absolute Gasteiger partial charge is 0.253 e. The molecule has 0 atom stereocenters. The van der Waals surface area contributed by atoms with Crippen molar-refractivity contribution in [1.82, 2.24) is 20.3 Å². The van der Waals surface area contributed by atoms with Gasteiger partial charge in [-0.1, -0.05) is 24.3 Å². The summed E-state index contributed by atoms with van der Waals surface area (Å²) in [5.74, 6) is -0.598. The Morgan fingerprint density at radius 3 is 2.56 bits per heavy atom. The van der Waals surface area contributed by atoms with Gasteiger partial charge in [0.05, 0.1) is 29.2 Å². The highest BCUT2D eigenvalue weighted by atomic mass is 19.1. The lowest BCUT2D eigenvalue weighted by Crippen LogP contribution is -2.23. The summed E-state index contributed by atoms with van der Waals surface area (Å²) in [7, 11) is 0. The zero-order chi connectivity index (χ0) is 23.9. The molecule has 2 aromatic heterocycles. The van der Waals surface area contributed by atoms with E-state index in [-0.39, 0.29) is 18.0 Å². The molecule has 0 saturated carbocycles. The first-order valence-electron chi connectivity index (χ1n) is 10.3. The number of nitriles is 1. The van der Waals surface area contributed by atoms with Crippen LogP contribution in [0.15, 0.2) is 73.3 Å². The number of nitrogen functional groups attached to an aromatic ring is 1. The molecule has 0 saturated heterocycles. The molecular weight excluding hydrogens is 433 g/mol. The van der Waals surface area contributed by atoms with E-state index in [4.69, 9.17) is 5.73 Å². The monoisotopic (exact) mass is 453 g/mol. The van der Waals surface area contributed by atoms with Crippen LogP contribution in [0.5, 0.6) is 0 Å². The molecule has 4 rings (SSSR count). The maximum Gasteiger partial charge on any atom is 0.253 e. The molecule has 2 aromatic carbocycles. The number of benzene rings is 2. The molecule has 0 fully saturated rings. The van der Waals surface area contributed by atoms with Crippen molar-refractivity contribution in [2.75, 3.05) is 11.1 Å². The van der Waals surface area contributed by atoms with E-state index in [2.05, 4.69) is 25.6 Å². The third-order valence-corrected chi connectivity index (χ3v) is 5.08. The van der Waals surface area contributed by atoms with Crippen molar-refractivity contribution in [3.05, 3.63) is 101 Å². The summed E-state index contributed by atoms with van der Waals surface area (Å²) in [5.41, 5.74) is 9.50. The second kappa shape index (κ2) is 10.2. The second-order valence-corrected chi connectivity index (χ2v) is 7.40. The molecule has 8 nitrogen and oxygen atoms in total. The fourth-order valence-corrected chi connectivity index (χ4v) is 3.27. The van der Waals surface area contributed by atoms with Crippen LogP contribution < -0.4 is 16.4 Å². The van der Waals surface area contributed by atoms with E-state index < -0.39 is 5.82 Å². The molecule has 0 radical (unpaired) electrons. The van der Waals surface area contributed by atoms with E-state index in [0.29, 0.717) is 34.9 Å². The van der Waals surface area contributed by atoms with Crippen LogP contribution in [0.1, 0.15) is 27.0 Å². The number of carbonyl (C=O) groups excluding carboxylic acids is 1. The molecule has 4 N–H and O–H groups in total. The van der Waals surface area contributed by atoms with Gasteiger partial charge in [-0.05, 0) is 35.4 Å². The maximum absolute atomic E-state index is 14.3. The Kier molecular flexibility index (Phi) is 6.70. The Hall–Kier alpha value is -4.84. The number of anilines is 2. The van der Waals surface area contributed by atoms with Gasteiger partial charge in [0, 0.05) is 36.7 Å². The normalized spacial score (nSPS) is 10.4. The Balaban J connectivity index is 1.47. The predicted octanol–water partition coefficient (Wildman–Crippen LogP) is 3.67. The Labute approximate surface area is 195 Å². The summed E-state index contributed by atoms with van der Waals surface area (Å²) in [4.78, 5) is 24.6. The number of nitrogens with two attached hydrogens (primary N) is 1. The fourth-order valence-electron chi connectivity index (χ4n) is 3.27. The standard InChI is InChI=1S/C25H20FN7O/c26-21-9-22(20(8-19(21)10-27)13-33-25(34)18-2-1-7-29-12-18)30-11-16-3-5-17(6-4-16)23-14-32-24(28)15-31-23/h1-9,12,14-15,30H,11,13H2,(H2,28,32)(H,33,34). The van der Waals surface area contributed by atoms with E-state index in [0.717, 1.165) is 11.1 Å². The number of nitrogens with zero attached hydrogens (tertiary/aromatic N) is 4. The van der Waals surface area contributed by atoms with Gasteiger partial charge in [0.15, 0.2) is 0 Å². The van der Waals surface area contributed by atoms with Crippen LogP contribution in [0.25, 0.3) is 11.3 Å². The number of hydrogen-bond donors (Lipinski definition) is 3. The molecule has 0 aliphatic heterocycles. The molecule has 0 bridgehead atoms. The fraction of sp³-hybridized carbons (Fsp3) is 0.0800. The Morgan fingerprint density at radius 1 is 1.06 bits per heavy atom. The molecule has 0 aliphatic rings. The molecule has 0 unspecified atom stereocenters. The van der Waals surface area contributed by atoms with Gasteiger partial charge in [-0.2, -0.15) is 5.26 Å². The van der Waals surface area contributed by atoms with Crippen LogP contribution in [0.2, 0.25) is 0 Å². The largest absolute Gasteiger partial charge is 0.382 e. The number of amides is 1. The van der Waals surface area contributed by atoms with Gasteiger partial charge in [0.25, 0.3) is 5.91 Å². The van der Waals surface area contributed by atoms with Crippen molar-refractivity contribution in [3.63, 3.8) is 0 Å². The maximum atomic E-state index is 14.3. The highest BCUT2D eigenvalue weighted by Gasteiger charge is 2.12. The number of halogens is 1. The van der Waals surface area contributed by atoms with Crippen LogP contribution >= 0.6 is 0 Å². The lowest BCUT2D eigenvalue weighted by atomic mass is 10.1. The number of carbonyl (C=O) groups is 1. The lowest BCUT2D eigenvalue weighted by molar-refractivity contribution is 0.0950. The molecular formula is C25H20FN7O. The Morgan fingerprint density at radius 2 is 1.88 bits per heavy atom. The molecule has 34 heavy (non-hydrogen) atoms. The predicted molar refractivity (Wildman–Crippen MR) is 126 cm³/mol. The van der Waals surface area contributed by atoms with E-state index in [1.165, 1.54) is 24.5 Å². The van der Waals surface area contributed by atoms with Gasteiger partial charge in [-0.25, -0.2) is 9.37 Å². The number of rotatable bonds is 7. The van der Waals surface area contributed by atoms with Crippen LogP contribution in [-0.2, 0) is 13.1 Å². The van der Waals surface area contributed by atoms with Crippen molar-refractivity contribution in [2.45, 2.75) is 13.1 Å². The van der Waals surface area contributed by atoms with Crippen LogP contribution in [0, 0.1) is 17.1 Å². The van der Waals surface area contributed by atoms with E-state index in [1.54, 1.807) is 24.5 Å². The quantitative estimate of drug-likeness (QED) is 0.389. The van der Waals surface area contributed by atoms with Crippen molar-refractivity contribution in [2.24, 2.45) is 0 Å². The van der Waals surface area contributed by atoms with Gasteiger partial charge in [0.2, 0.25) is 0 Å². The molecule has 168 valence electrons. The van der Waals surface area contributed by atoms with Gasteiger partial charge in [-0.15, -0.1) is 0 Å². The van der Waals surface area contributed by atoms with Crippen molar-refractivity contribution in [3.8, 4) is 17.3 Å². The average molecular weight is 453 g/mol. The summed E-state index contributed by atoms with van der Waals surface area (Å²) in [5, 5.41) is 15.2. The van der Waals surface area contributed by atoms with Gasteiger partial charge >= 0.3 is 0 Å². The zero-order valence-corrected chi connectivity index (χ0v) is 18.0. The number of nitrogens with one attached hydrogen (secondary N) is 2. The third kappa shape index (κ3) is 5.31. The summed E-state index contributed by atoms with van der Waals surface area (Å²) in [6.45, 7) is 0.516. The number of aromatic nitrogens is 3. The summed E-state index contributed by atoms with van der Waals surface area (Å²) in [6, 6.07) is 15.5. The van der Waals surface area contributed by atoms with Crippen molar-refractivity contribution < 1.29 is 9.18 Å². The zero-order valence-electron chi connectivity index (χ0n) is 18.0. The summed E-state index contributed by atoms with van der Waals surface area (Å²) in [6.07, 6.45) is 6.14. The van der Waals surface area contributed by atoms with Crippen LogP contribution in [0.3, 0.4) is 0 Å². The molecule has 1 amide bonds. The third-order valence-electron chi connectivity index (χ3n) is 5.08. The first kappa shape index (κ1) is 22.4. The molecule has 9 heteroatoms. The average Bonchev–Trinajstić information content (AvgIpc) is 2.88. The topological polar surface area (TPSA) is 130 Å². The molecule has 0 aliphatic carbocycles. The van der Waals surface area contributed by atoms with Crippen molar-refractivity contribution in [1.29, 1.82) is 5.26 Å². The van der Waals surface area contributed by atoms with Crippen LogP contribution in [-0.4, -0.2) is 20.9 Å². The highest BCUT2D eigenvalue weighted by molar-refractivity contribution is 5.93. The van der Waals surface area contributed by atoms with Crippen molar-refractivity contribution >= 4 is 17.4 Å². The molecule has 0 spiro atoms. The highest BCUT2D eigenvalue weighted by Crippen LogP contribution is 2.23. The van der Waals surface area contributed by atoms with E-state index in [9.17, 15) is 14.4 Å². The first-order valence-corrected chi connectivity index (χ1v) is 10.3. The minimum atomic E-state index is -0.635.